The van der Waals surface area contributed by atoms with Gasteiger partial charge in [0.2, 0.25) is 5.95 Å². The molecule has 5 aromatic rings. The number of carbonyl (C=O) groups is 1. The van der Waals surface area contributed by atoms with E-state index in [1.807, 2.05) is 30.3 Å². The zero-order valence-corrected chi connectivity index (χ0v) is 23.1. The fourth-order valence-electron chi connectivity index (χ4n) is 4.32. The standard InChI is InChI=1S/C30H25F3N4O4S/c1-2-42(39,40)25-12-13-26(27(17-25)41-29(32)33)34-30-35-28-14-9-22(18-37(28)36-30)21-7-3-19(4-8-21)15-24(38)16-20-5-10-23(31)11-6-20/h3-14,17-18,29H,2,15-16H2,1H3,(H,34,36). The summed E-state index contributed by atoms with van der Waals surface area (Å²) in [5, 5.41) is 7.19. The maximum absolute atomic E-state index is 13.1. The largest absolute Gasteiger partial charge is 0.433 e. The predicted octanol–water partition coefficient (Wildman–Crippen LogP) is 6.03. The minimum atomic E-state index is -3.64. The lowest BCUT2D eigenvalue weighted by Crippen LogP contribution is -2.08. The molecular formula is C30H25F3N4O4S. The molecule has 2 heterocycles. The summed E-state index contributed by atoms with van der Waals surface area (Å²) < 4.78 is 69.7. The molecule has 0 spiro atoms. The molecule has 2 aromatic heterocycles. The fraction of sp³-hybridized carbons (Fsp3) is 0.167. The van der Waals surface area contributed by atoms with Gasteiger partial charge in [-0.1, -0.05) is 43.3 Å². The van der Waals surface area contributed by atoms with E-state index in [-0.39, 0.29) is 52.5 Å². The summed E-state index contributed by atoms with van der Waals surface area (Å²) in [6.07, 6.45) is 2.21. The first-order valence-electron chi connectivity index (χ1n) is 12.9. The summed E-state index contributed by atoms with van der Waals surface area (Å²) in [5.41, 5.74) is 3.85. The normalized spacial score (nSPS) is 11.6. The van der Waals surface area contributed by atoms with Crippen molar-refractivity contribution in [3.63, 3.8) is 0 Å². The number of ketones is 1. The molecule has 0 aliphatic rings. The van der Waals surface area contributed by atoms with Crippen LogP contribution in [-0.2, 0) is 27.5 Å². The van der Waals surface area contributed by atoms with Gasteiger partial charge in [0.05, 0.1) is 16.3 Å². The molecule has 12 heteroatoms. The molecule has 0 aliphatic heterocycles. The minimum Gasteiger partial charge on any atom is -0.433 e. The number of fused-ring (bicyclic) bond motifs is 1. The number of anilines is 2. The summed E-state index contributed by atoms with van der Waals surface area (Å²) in [6, 6.07) is 20.6. The van der Waals surface area contributed by atoms with Crippen LogP contribution in [0.15, 0.2) is 90.0 Å². The van der Waals surface area contributed by atoms with Gasteiger partial charge < -0.3 is 10.1 Å². The monoisotopic (exact) mass is 594 g/mol. The molecule has 0 bridgehead atoms. The van der Waals surface area contributed by atoms with E-state index in [2.05, 4.69) is 20.1 Å². The molecule has 42 heavy (non-hydrogen) atoms. The van der Waals surface area contributed by atoms with Gasteiger partial charge in [0, 0.05) is 30.7 Å². The Kier molecular flexibility index (Phi) is 8.25. The Balaban J connectivity index is 1.31. The van der Waals surface area contributed by atoms with Gasteiger partial charge in [0.25, 0.3) is 0 Å². The van der Waals surface area contributed by atoms with Crippen LogP contribution in [0.5, 0.6) is 5.75 Å². The van der Waals surface area contributed by atoms with E-state index in [4.69, 9.17) is 0 Å². The lowest BCUT2D eigenvalue weighted by molar-refractivity contribution is -0.117. The molecule has 3 aromatic carbocycles. The number of hydrogen-bond acceptors (Lipinski definition) is 7. The third-order valence-corrected chi connectivity index (χ3v) is 8.22. The molecule has 216 valence electrons. The second kappa shape index (κ2) is 12.0. The van der Waals surface area contributed by atoms with Crippen LogP contribution in [0.25, 0.3) is 16.8 Å². The zero-order chi connectivity index (χ0) is 29.9. The molecule has 0 amide bonds. The first-order valence-corrected chi connectivity index (χ1v) is 14.6. The Hall–Kier alpha value is -4.71. The second-order valence-electron chi connectivity index (χ2n) is 9.44. The smallest absolute Gasteiger partial charge is 0.387 e. The number of nitrogens with zero attached hydrogens (tertiary/aromatic N) is 3. The number of benzene rings is 3. The number of hydrogen-bond donors (Lipinski definition) is 1. The fourth-order valence-corrected chi connectivity index (χ4v) is 5.22. The molecule has 0 unspecified atom stereocenters. The molecule has 5 rings (SSSR count). The van der Waals surface area contributed by atoms with Crippen molar-refractivity contribution in [2.45, 2.75) is 31.3 Å². The zero-order valence-electron chi connectivity index (χ0n) is 22.3. The van der Waals surface area contributed by atoms with Crippen molar-refractivity contribution < 1.29 is 31.1 Å². The summed E-state index contributed by atoms with van der Waals surface area (Å²) in [6.45, 7) is -1.71. The SMILES string of the molecule is CCS(=O)(=O)c1ccc(Nc2nc3ccc(-c4ccc(CC(=O)Cc5ccc(F)cc5)cc4)cn3n2)c(OC(F)F)c1. The van der Waals surface area contributed by atoms with Crippen LogP contribution in [0.4, 0.5) is 24.8 Å². The van der Waals surface area contributed by atoms with E-state index in [0.717, 1.165) is 28.3 Å². The van der Waals surface area contributed by atoms with Crippen LogP contribution >= 0.6 is 0 Å². The Morgan fingerprint density at radius 2 is 1.57 bits per heavy atom. The number of halogens is 3. The van der Waals surface area contributed by atoms with Crippen molar-refractivity contribution in [2.24, 2.45) is 0 Å². The number of sulfone groups is 1. The first kappa shape index (κ1) is 28.8. The number of Topliss-reactive ketones (excluding diaryl/α,β-unsaturated/α-hetero) is 1. The molecule has 0 radical (unpaired) electrons. The lowest BCUT2D eigenvalue weighted by atomic mass is 10.0. The van der Waals surface area contributed by atoms with Crippen LogP contribution in [0, 0.1) is 5.82 Å². The van der Waals surface area contributed by atoms with Crippen molar-refractivity contribution in [3.05, 3.63) is 102 Å². The number of pyridine rings is 1. The molecule has 0 atom stereocenters. The van der Waals surface area contributed by atoms with Crippen LogP contribution in [0.3, 0.4) is 0 Å². The average molecular weight is 595 g/mol. The number of ether oxygens (including phenoxy) is 1. The highest BCUT2D eigenvalue weighted by Gasteiger charge is 2.18. The number of aromatic nitrogens is 3. The predicted molar refractivity (Wildman–Crippen MR) is 151 cm³/mol. The Labute approximate surface area is 239 Å². The van der Waals surface area contributed by atoms with Crippen LogP contribution in [0.1, 0.15) is 18.1 Å². The average Bonchev–Trinajstić information content (AvgIpc) is 3.37. The van der Waals surface area contributed by atoms with Crippen LogP contribution in [0.2, 0.25) is 0 Å². The van der Waals surface area contributed by atoms with Crippen molar-refractivity contribution in [1.82, 2.24) is 14.6 Å². The van der Waals surface area contributed by atoms with Gasteiger partial charge in [-0.25, -0.2) is 17.3 Å². The molecule has 0 saturated heterocycles. The third kappa shape index (κ3) is 6.77. The van der Waals surface area contributed by atoms with Gasteiger partial charge in [-0.3, -0.25) is 4.79 Å². The quantitative estimate of drug-likeness (QED) is 0.199. The highest BCUT2D eigenvalue weighted by atomic mass is 32.2. The van der Waals surface area contributed by atoms with Crippen molar-refractivity contribution in [3.8, 4) is 16.9 Å². The van der Waals surface area contributed by atoms with Gasteiger partial charge in [-0.2, -0.15) is 13.8 Å². The molecule has 0 saturated carbocycles. The molecule has 1 N–H and O–H groups in total. The number of nitrogens with one attached hydrogen (secondary N) is 1. The Morgan fingerprint density at radius 3 is 2.21 bits per heavy atom. The summed E-state index contributed by atoms with van der Waals surface area (Å²) in [7, 11) is -3.64. The van der Waals surface area contributed by atoms with E-state index < -0.39 is 16.4 Å². The lowest BCUT2D eigenvalue weighted by Gasteiger charge is -2.12. The van der Waals surface area contributed by atoms with Gasteiger partial charge in [-0.15, -0.1) is 5.10 Å². The highest BCUT2D eigenvalue weighted by Crippen LogP contribution is 2.32. The number of alkyl halides is 2. The van der Waals surface area contributed by atoms with Gasteiger partial charge in [-0.05, 0) is 53.1 Å². The first-order chi connectivity index (χ1) is 20.1. The van der Waals surface area contributed by atoms with E-state index in [1.165, 1.54) is 35.7 Å². The summed E-state index contributed by atoms with van der Waals surface area (Å²) in [4.78, 5) is 16.7. The van der Waals surface area contributed by atoms with Gasteiger partial charge >= 0.3 is 6.61 Å². The number of carbonyl (C=O) groups excluding carboxylic acids is 1. The topological polar surface area (TPSA) is 103 Å². The third-order valence-electron chi connectivity index (χ3n) is 6.49. The highest BCUT2D eigenvalue weighted by molar-refractivity contribution is 7.91. The number of rotatable bonds is 11. The van der Waals surface area contributed by atoms with Crippen molar-refractivity contribution >= 4 is 32.9 Å². The second-order valence-corrected chi connectivity index (χ2v) is 11.7. The van der Waals surface area contributed by atoms with E-state index in [9.17, 15) is 26.4 Å². The van der Waals surface area contributed by atoms with Crippen molar-refractivity contribution in [1.29, 1.82) is 0 Å². The van der Waals surface area contributed by atoms with Crippen LogP contribution in [-0.4, -0.2) is 41.2 Å². The van der Waals surface area contributed by atoms with Crippen LogP contribution < -0.4 is 10.1 Å². The molecular weight excluding hydrogens is 569 g/mol. The maximum Gasteiger partial charge on any atom is 0.387 e. The maximum atomic E-state index is 13.1. The Bertz CT molecular complexity index is 1840. The van der Waals surface area contributed by atoms with E-state index >= 15 is 0 Å². The Morgan fingerprint density at radius 1 is 0.929 bits per heavy atom. The molecule has 0 aliphatic carbocycles. The van der Waals surface area contributed by atoms with Gasteiger partial charge in [0.15, 0.2) is 21.2 Å². The van der Waals surface area contributed by atoms with Gasteiger partial charge in [0.1, 0.15) is 11.6 Å². The summed E-state index contributed by atoms with van der Waals surface area (Å²) in [5.74, 6) is -0.781. The van der Waals surface area contributed by atoms with Crippen molar-refractivity contribution in [2.75, 3.05) is 11.1 Å². The molecule has 8 nitrogen and oxygen atoms in total. The van der Waals surface area contributed by atoms with E-state index in [1.54, 1.807) is 24.4 Å². The summed E-state index contributed by atoms with van der Waals surface area (Å²) >= 11 is 0. The molecule has 0 fully saturated rings. The minimum absolute atomic E-state index is 0.0159. The van der Waals surface area contributed by atoms with E-state index in [0.29, 0.717) is 5.65 Å².